The van der Waals surface area contributed by atoms with E-state index in [9.17, 15) is 21.6 Å². The minimum Gasteiger partial charge on any atom is -0.273 e. The van der Waals surface area contributed by atoms with Crippen molar-refractivity contribution in [2.75, 3.05) is 10.1 Å². The smallest absolute Gasteiger partial charge is 0.242 e. The van der Waals surface area contributed by atoms with Gasteiger partial charge < -0.3 is 0 Å². The summed E-state index contributed by atoms with van der Waals surface area (Å²) in [5, 5.41) is 0. The first-order chi connectivity index (χ1) is 13.7. The molecule has 1 saturated heterocycles. The summed E-state index contributed by atoms with van der Waals surface area (Å²) in [5.41, 5.74) is 2.70. The zero-order valence-corrected chi connectivity index (χ0v) is 17.6. The molecule has 1 aliphatic carbocycles. The maximum absolute atomic E-state index is 13.0. The van der Waals surface area contributed by atoms with E-state index in [1.54, 1.807) is 6.92 Å². The Morgan fingerprint density at radius 3 is 2.55 bits per heavy atom. The minimum absolute atomic E-state index is 0.0654. The van der Waals surface area contributed by atoms with Crippen LogP contribution in [0.2, 0.25) is 0 Å². The van der Waals surface area contributed by atoms with E-state index < -0.39 is 26.0 Å². The molecule has 2 aromatic carbocycles. The van der Waals surface area contributed by atoms with Gasteiger partial charge in [-0.15, -0.1) is 0 Å². The normalized spacial score (nSPS) is 21.2. The number of fused-ring (bicyclic) bond motifs is 1. The molecule has 29 heavy (non-hydrogen) atoms. The van der Waals surface area contributed by atoms with Crippen molar-refractivity contribution in [3.05, 3.63) is 59.2 Å². The van der Waals surface area contributed by atoms with Gasteiger partial charge in [0.2, 0.25) is 26.0 Å². The highest BCUT2D eigenvalue weighted by atomic mass is 32.2. The van der Waals surface area contributed by atoms with Crippen LogP contribution in [0.4, 0.5) is 5.69 Å². The van der Waals surface area contributed by atoms with Crippen LogP contribution in [0, 0.1) is 6.92 Å². The number of carbonyl (C=O) groups is 1. The standard InChI is InChI=1S/C20H22N2O5S2/c1-14-13-16(22-20(23)11-12-28(22,24)25)9-10-19(14)29(26,27)21-18-8-4-6-15-5-2-3-7-17(15)18/h2-3,5,7,9-10,13,18,21H,4,6,8,11-12H2,1H3. The van der Waals surface area contributed by atoms with Crippen molar-refractivity contribution in [2.45, 2.75) is 43.5 Å². The number of benzene rings is 2. The van der Waals surface area contributed by atoms with Gasteiger partial charge in [0, 0.05) is 12.5 Å². The summed E-state index contributed by atoms with van der Waals surface area (Å²) in [6.07, 6.45) is 2.48. The second-order valence-electron chi connectivity index (χ2n) is 7.44. The third-order valence-corrected chi connectivity index (χ3v) is 8.75. The van der Waals surface area contributed by atoms with Gasteiger partial charge in [-0.1, -0.05) is 24.3 Å². The number of hydrogen-bond acceptors (Lipinski definition) is 5. The minimum atomic E-state index is -3.82. The molecule has 1 N–H and O–H groups in total. The second-order valence-corrected chi connectivity index (χ2v) is 11.1. The van der Waals surface area contributed by atoms with Gasteiger partial charge in [0.25, 0.3) is 0 Å². The summed E-state index contributed by atoms with van der Waals surface area (Å²) in [4.78, 5) is 12.1. The van der Waals surface area contributed by atoms with Crippen molar-refractivity contribution in [3.8, 4) is 0 Å². The van der Waals surface area contributed by atoms with E-state index in [4.69, 9.17) is 0 Å². The lowest BCUT2D eigenvalue weighted by molar-refractivity contribution is -0.116. The third kappa shape index (κ3) is 3.70. The van der Waals surface area contributed by atoms with E-state index >= 15 is 0 Å². The van der Waals surface area contributed by atoms with Crippen molar-refractivity contribution in [3.63, 3.8) is 0 Å². The average Bonchev–Trinajstić information content (AvgIpc) is 2.94. The van der Waals surface area contributed by atoms with Gasteiger partial charge in [-0.05, 0) is 61.1 Å². The Hall–Kier alpha value is -2.23. The molecule has 2 aliphatic rings. The lowest BCUT2D eigenvalue weighted by atomic mass is 9.88. The van der Waals surface area contributed by atoms with Gasteiger partial charge in [0.1, 0.15) is 0 Å². The highest BCUT2D eigenvalue weighted by Crippen LogP contribution is 2.32. The molecule has 2 aromatic rings. The van der Waals surface area contributed by atoms with Crippen LogP contribution >= 0.6 is 0 Å². The lowest BCUT2D eigenvalue weighted by Crippen LogP contribution is -2.32. The quantitative estimate of drug-likeness (QED) is 0.796. The molecule has 1 aliphatic heterocycles. The SMILES string of the molecule is Cc1cc(N2C(=O)CCS2(=O)=O)ccc1S(=O)(=O)NC1CCCc2ccccc21. The first kappa shape index (κ1) is 20.1. The molecular formula is C20H22N2O5S2. The number of nitrogens with zero attached hydrogens (tertiary/aromatic N) is 1. The van der Waals surface area contributed by atoms with Gasteiger partial charge in [0.05, 0.1) is 16.3 Å². The van der Waals surface area contributed by atoms with E-state index in [1.165, 1.54) is 18.2 Å². The summed E-state index contributed by atoms with van der Waals surface area (Å²) < 4.78 is 53.9. The molecule has 154 valence electrons. The Morgan fingerprint density at radius 1 is 1.10 bits per heavy atom. The first-order valence-corrected chi connectivity index (χ1v) is 12.5. The fourth-order valence-electron chi connectivity index (χ4n) is 4.06. The Morgan fingerprint density at radius 2 is 1.86 bits per heavy atom. The number of sulfonamides is 2. The van der Waals surface area contributed by atoms with Crippen molar-refractivity contribution in [1.29, 1.82) is 0 Å². The largest absolute Gasteiger partial charge is 0.273 e. The molecular weight excluding hydrogens is 412 g/mol. The number of nitrogens with one attached hydrogen (secondary N) is 1. The molecule has 0 saturated carbocycles. The lowest BCUT2D eigenvalue weighted by Gasteiger charge is -2.26. The monoisotopic (exact) mass is 434 g/mol. The number of rotatable bonds is 4. The van der Waals surface area contributed by atoms with Gasteiger partial charge in [0.15, 0.2) is 0 Å². The fraction of sp³-hybridized carbons (Fsp3) is 0.350. The molecule has 0 aromatic heterocycles. The van der Waals surface area contributed by atoms with Crippen LogP contribution in [0.15, 0.2) is 47.4 Å². The van der Waals surface area contributed by atoms with Crippen LogP contribution in [0.3, 0.4) is 0 Å². The molecule has 1 amide bonds. The van der Waals surface area contributed by atoms with Gasteiger partial charge >= 0.3 is 0 Å². The second kappa shape index (κ2) is 7.23. The van der Waals surface area contributed by atoms with Crippen LogP contribution in [-0.4, -0.2) is 28.5 Å². The number of anilines is 1. The van der Waals surface area contributed by atoms with Crippen molar-refractivity contribution in [1.82, 2.24) is 4.72 Å². The van der Waals surface area contributed by atoms with Crippen molar-refractivity contribution in [2.24, 2.45) is 0 Å². The molecule has 9 heteroatoms. The fourth-order valence-corrected chi connectivity index (χ4v) is 6.99. The average molecular weight is 435 g/mol. The molecule has 1 fully saturated rings. The van der Waals surface area contributed by atoms with E-state index in [0.717, 1.165) is 28.3 Å². The Kier molecular flexibility index (Phi) is 5.00. The number of hydrogen-bond donors (Lipinski definition) is 1. The molecule has 0 bridgehead atoms. The Labute approximate surface area is 170 Å². The Balaban J connectivity index is 1.64. The molecule has 1 heterocycles. The van der Waals surface area contributed by atoms with Gasteiger partial charge in [-0.3, -0.25) is 4.79 Å². The zero-order valence-electron chi connectivity index (χ0n) is 16.0. The zero-order chi connectivity index (χ0) is 20.8. The molecule has 1 unspecified atom stereocenters. The number of aryl methyl sites for hydroxylation is 2. The van der Waals surface area contributed by atoms with Gasteiger partial charge in [-0.25, -0.2) is 25.9 Å². The predicted molar refractivity (Wildman–Crippen MR) is 110 cm³/mol. The van der Waals surface area contributed by atoms with Crippen molar-refractivity contribution < 1.29 is 21.6 Å². The van der Waals surface area contributed by atoms with Gasteiger partial charge in [-0.2, -0.15) is 0 Å². The van der Waals surface area contributed by atoms with Crippen LogP contribution < -0.4 is 9.03 Å². The van der Waals surface area contributed by atoms with Crippen molar-refractivity contribution >= 4 is 31.6 Å². The summed E-state index contributed by atoms with van der Waals surface area (Å²) in [5.74, 6) is -0.731. The Bertz CT molecular complexity index is 1190. The van der Waals surface area contributed by atoms with E-state index in [-0.39, 0.29) is 28.8 Å². The first-order valence-electron chi connectivity index (χ1n) is 9.46. The van der Waals surface area contributed by atoms with E-state index in [1.807, 2.05) is 24.3 Å². The molecule has 0 radical (unpaired) electrons. The summed E-state index contributed by atoms with van der Waals surface area (Å²) >= 11 is 0. The molecule has 0 spiro atoms. The summed E-state index contributed by atoms with van der Waals surface area (Å²) in [6, 6.07) is 11.7. The maximum atomic E-state index is 13.0. The highest BCUT2D eigenvalue weighted by molar-refractivity contribution is 7.94. The van der Waals surface area contributed by atoms with E-state index in [0.29, 0.717) is 12.0 Å². The third-order valence-electron chi connectivity index (χ3n) is 5.43. The van der Waals surface area contributed by atoms with Crippen LogP contribution in [0.1, 0.15) is 42.0 Å². The molecule has 4 rings (SSSR count). The van der Waals surface area contributed by atoms with E-state index in [2.05, 4.69) is 4.72 Å². The number of amides is 1. The number of carbonyl (C=O) groups excluding carboxylic acids is 1. The highest BCUT2D eigenvalue weighted by Gasteiger charge is 2.36. The maximum Gasteiger partial charge on any atom is 0.242 e. The summed E-state index contributed by atoms with van der Waals surface area (Å²) in [7, 11) is -7.51. The topological polar surface area (TPSA) is 101 Å². The predicted octanol–water partition coefficient (Wildman–Crippen LogP) is 2.42. The van der Waals surface area contributed by atoms with Crippen LogP contribution in [-0.2, 0) is 31.3 Å². The molecule has 7 nitrogen and oxygen atoms in total. The van der Waals surface area contributed by atoms with Crippen LogP contribution in [0.5, 0.6) is 0 Å². The molecule has 1 atom stereocenters. The summed E-state index contributed by atoms with van der Waals surface area (Å²) in [6.45, 7) is 1.60. The van der Waals surface area contributed by atoms with Crippen LogP contribution in [0.25, 0.3) is 0 Å².